The van der Waals surface area contributed by atoms with Crippen molar-refractivity contribution in [2.75, 3.05) is 13.2 Å². The van der Waals surface area contributed by atoms with Crippen molar-refractivity contribution >= 4 is 5.91 Å². The van der Waals surface area contributed by atoms with Crippen LogP contribution in [0.4, 0.5) is 0 Å². The highest BCUT2D eigenvalue weighted by Gasteiger charge is 2.44. The third-order valence-corrected chi connectivity index (χ3v) is 14.5. The fourth-order valence-electron chi connectivity index (χ4n) is 9.76. The summed E-state index contributed by atoms with van der Waals surface area (Å²) < 4.78 is 11.3. The monoisotopic (exact) mass is 978 g/mol. The van der Waals surface area contributed by atoms with Crippen molar-refractivity contribution < 1.29 is 39.8 Å². The Labute approximate surface area is 426 Å². The lowest BCUT2D eigenvalue weighted by atomic mass is 9.99. The Hall–Kier alpha value is -1.33. The Morgan fingerprint density at radius 1 is 0.478 bits per heavy atom. The van der Waals surface area contributed by atoms with Crippen molar-refractivity contribution in [3.05, 3.63) is 24.3 Å². The van der Waals surface area contributed by atoms with Crippen LogP contribution in [0.3, 0.4) is 0 Å². The zero-order chi connectivity index (χ0) is 50.1. The van der Waals surface area contributed by atoms with Gasteiger partial charge in [-0.25, -0.2) is 0 Å². The summed E-state index contributed by atoms with van der Waals surface area (Å²) in [6.45, 7) is 3.79. The first-order valence-corrected chi connectivity index (χ1v) is 30.1. The minimum atomic E-state index is -1.57. The van der Waals surface area contributed by atoms with Crippen molar-refractivity contribution in [1.29, 1.82) is 0 Å². The Morgan fingerprint density at radius 3 is 1.22 bits per heavy atom. The normalized spacial score (nSPS) is 19.6. The highest BCUT2D eigenvalue weighted by molar-refractivity contribution is 5.76. The first kappa shape index (κ1) is 65.7. The number of aliphatic hydroxyl groups excluding tert-OH is 5. The fourth-order valence-corrected chi connectivity index (χ4v) is 9.76. The quantitative estimate of drug-likeness (QED) is 0.0261. The van der Waals surface area contributed by atoms with Gasteiger partial charge in [-0.2, -0.15) is 0 Å². The van der Waals surface area contributed by atoms with Crippen LogP contribution >= 0.6 is 0 Å². The zero-order valence-electron chi connectivity index (χ0n) is 45.3. The van der Waals surface area contributed by atoms with Crippen molar-refractivity contribution in [3.63, 3.8) is 0 Å². The first-order chi connectivity index (χ1) is 33.8. The van der Waals surface area contributed by atoms with E-state index < -0.39 is 49.5 Å². The molecule has 1 fully saturated rings. The number of carbonyl (C=O) groups excluding carboxylic acids is 1. The van der Waals surface area contributed by atoms with E-state index in [1.54, 1.807) is 6.08 Å². The Balaban J connectivity index is 2.15. The molecular weight excluding hydrogens is 863 g/mol. The number of amides is 1. The van der Waals surface area contributed by atoms with Gasteiger partial charge >= 0.3 is 0 Å². The number of allylic oxidation sites excluding steroid dienone is 3. The number of carbonyl (C=O) groups is 1. The van der Waals surface area contributed by atoms with Gasteiger partial charge < -0.3 is 40.3 Å². The minimum Gasteiger partial charge on any atom is -0.394 e. The summed E-state index contributed by atoms with van der Waals surface area (Å²) in [5, 5.41) is 54.4. The van der Waals surface area contributed by atoms with E-state index in [2.05, 4.69) is 31.3 Å². The summed E-state index contributed by atoms with van der Waals surface area (Å²) in [5.41, 5.74) is 0. The first-order valence-electron chi connectivity index (χ1n) is 30.1. The van der Waals surface area contributed by atoms with Crippen LogP contribution in [0.1, 0.15) is 296 Å². The Kier molecular flexibility index (Phi) is 47.8. The van der Waals surface area contributed by atoms with Gasteiger partial charge in [-0.1, -0.05) is 282 Å². The molecule has 0 aromatic rings. The van der Waals surface area contributed by atoms with Gasteiger partial charge in [0, 0.05) is 6.42 Å². The largest absolute Gasteiger partial charge is 0.394 e. The summed E-state index contributed by atoms with van der Waals surface area (Å²) >= 11 is 0. The maximum atomic E-state index is 13.0. The van der Waals surface area contributed by atoms with Crippen LogP contribution in [-0.2, 0) is 14.3 Å². The van der Waals surface area contributed by atoms with E-state index in [0.29, 0.717) is 6.42 Å². The van der Waals surface area contributed by atoms with E-state index in [-0.39, 0.29) is 12.5 Å². The average molecular weight is 979 g/mol. The molecule has 0 saturated carbocycles. The molecule has 69 heavy (non-hydrogen) atoms. The van der Waals surface area contributed by atoms with Gasteiger partial charge in [-0.3, -0.25) is 4.79 Å². The predicted molar refractivity (Wildman–Crippen MR) is 290 cm³/mol. The number of hydrogen-bond acceptors (Lipinski definition) is 8. The van der Waals surface area contributed by atoms with Gasteiger partial charge in [0.1, 0.15) is 24.4 Å². The van der Waals surface area contributed by atoms with Gasteiger partial charge in [-0.15, -0.1) is 0 Å². The van der Waals surface area contributed by atoms with E-state index >= 15 is 0 Å². The molecule has 0 aromatic heterocycles. The third kappa shape index (κ3) is 39.8. The van der Waals surface area contributed by atoms with E-state index in [1.165, 1.54) is 238 Å². The molecule has 9 heteroatoms. The maximum Gasteiger partial charge on any atom is 0.220 e. The van der Waals surface area contributed by atoms with Crippen LogP contribution < -0.4 is 5.32 Å². The van der Waals surface area contributed by atoms with Gasteiger partial charge in [0.25, 0.3) is 0 Å². The summed E-state index contributed by atoms with van der Waals surface area (Å²) in [7, 11) is 0. The lowest BCUT2D eigenvalue weighted by molar-refractivity contribution is -0.302. The third-order valence-electron chi connectivity index (χ3n) is 14.5. The number of unbranched alkanes of at least 4 members (excludes halogenated alkanes) is 40. The van der Waals surface area contributed by atoms with Crippen LogP contribution in [0, 0.1) is 0 Å². The number of rotatable bonds is 52. The molecule has 9 nitrogen and oxygen atoms in total. The van der Waals surface area contributed by atoms with E-state index in [9.17, 15) is 30.3 Å². The van der Waals surface area contributed by atoms with Crippen LogP contribution in [0.2, 0.25) is 0 Å². The molecule has 0 aromatic carbocycles. The maximum absolute atomic E-state index is 13.0. The van der Waals surface area contributed by atoms with E-state index in [1.807, 2.05) is 6.08 Å². The molecule has 7 unspecified atom stereocenters. The van der Waals surface area contributed by atoms with Gasteiger partial charge in [0.05, 0.1) is 25.4 Å². The highest BCUT2D eigenvalue weighted by atomic mass is 16.7. The van der Waals surface area contributed by atoms with Crippen LogP contribution in [0.25, 0.3) is 0 Å². The van der Waals surface area contributed by atoms with Crippen LogP contribution in [-0.4, -0.2) is 87.5 Å². The molecule has 1 rings (SSSR count). The van der Waals surface area contributed by atoms with Gasteiger partial charge in [0.2, 0.25) is 5.91 Å². The van der Waals surface area contributed by atoms with Gasteiger partial charge in [0.15, 0.2) is 6.29 Å². The highest BCUT2D eigenvalue weighted by Crippen LogP contribution is 2.23. The number of hydrogen-bond donors (Lipinski definition) is 6. The SMILES string of the molecule is CCCCCCCCCCCCCCCCCCCCCCCCCCCC/C=C/CC/C=C/C(O)C(COC1OC(CO)C(O)C(O)C1O)NC(=O)CCCCCCCCCCCCCCCC. The zero-order valence-corrected chi connectivity index (χ0v) is 45.3. The van der Waals surface area contributed by atoms with Crippen molar-refractivity contribution in [1.82, 2.24) is 5.32 Å². The molecule has 0 radical (unpaired) electrons. The molecule has 0 aliphatic carbocycles. The van der Waals surface area contributed by atoms with E-state index in [4.69, 9.17) is 9.47 Å². The predicted octanol–water partition coefficient (Wildman–Crippen LogP) is 15.0. The number of aliphatic hydroxyl groups is 5. The van der Waals surface area contributed by atoms with Crippen molar-refractivity contribution in [2.45, 2.75) is 339 Å². The van der Waals surface area contributed by atoms with Crippen molar-refractivity contribution in [2.24, 2.45) is 0 Å². The summed E-state index contributed by atoms with van der Waals surface area (Å²) in [4.78, 5) is 13.0. The smallest absolute Gasteiger partial charge is 0.220 e. The van der Waals surface area contributed by atoms with E-state index in [0.717, 1.165) is 38.5 Å². The fraction of sp³-hybridized carbons (Fsp3) is 0.917. The minimum absolute atomic E-state index is 0.183. The summed E-state index contributed by atoms with van der Waals surface area (Å²) in [6, 6.07) is -0.818. The molecule has 1 saturated heterocycles. The Bertz CT molecular complexity index is 1130. The molecule has 0 bridgehead atoms. The second-order valence-corrected chi connectivity index (χ2v) is 21.1. The second kappa shape index (κ2) is 50.2. The molecule has 7 atom stereocenters. The molecule has 0 spiro atoms. The number of nitrogens with one attached hydrogen (secondary N) is 1. The lowest BCUT2D eigenvalue weighted by Crippen LogP contribution is -2.60. The van der Waals surface area contributed by atoms with Crippen molar-refractivity contribution in [3.8, 4) is 0 Å². The molecule has 6 N–H and O–H groups in total. The lowest BCUT2D eigenvalue weighted by Gasteiger charge is -2.40. The van der Waals surface area contributed by atoms with Gasteiger partial charge in [-0.05, 0) is 32.1 Å². The average Bonchev–Trinajstić information content (AvgIpc) is 3.35. The molecule has 1 amide bonds. The Morgan fingerprint density at radius 2 is 0.826 bits per heavy atom. The molecule has 1 aliphatic heterocycles. The summed E-state index contributed by atoms with van der Waals surface area (Å²) in [6.07, 6.45) is 57.0. The van der Waals surface area contributed by atoms with Crippen LogP contribution in [0.5, 0.6) is 0 Å². The molecule has 1 heterocycles. The second-order valence-electron chi connectivity index (χ2n) is 21.1. The number of ether oxygens (including phenoxy) is 2. The topological polar surface area (TPSA) is 149 Å². The molecular formula is C60H115NO8. The molecule has 1 aliphatic rings. The van der Waals surface area contributed by atoms with Crippen LogP contribution in [0.15, 0.2) is 24.3 Å². The standard InChI is InChI=1S/C60H115NO8/c1-3-5-7-9-11-13-15-17-19-20-21-22-23-24-25-26-27-28-29-30-31-32-33-34-35-36-37-39-41-43-45-47-49-54(63)53(52-68-60-59(67)58(66)57(65)55(51-62)69-60)61-56(64)50-48-46-44-42-40-38-18-16-14-12-10-8-6-4-2/h39,41,47,49,53-55,57-60,62-63,65-67H,3-38,40,42-46,48,50-52H2,1-2H3,(H,61,64)/b41-39+,49-47+. The molecule has 408 valence electrons. The summed E-state index contributed by atoms with van der Waals surface area (Å²) in [5.74, 6) is -0.183.